The zero-order chi connectivity index (χ0) is 21.0. The van der Waals surface area contributed by atoms with Gasteiger partial charge in [0.25, 0.3) is 0 Å². The Morgan fingerprint density at radius 1 is 1.07 bits per heavy atom. The normalized spacial score (nSPS) is 12.7. The minimum atomic E-state index is -4.66. The molecular weight excluding hydrogens is 399 g/mol. The molecule has 0 aliphatic carbocycles. The number of nitrogens with zero attached hydrogens (tertiary/aromatic N) is 3. The van der Waals surface area contributed by atoms with Crippen molar-refractivity contribution < 1.29 is 18.0 Å². The van der Waals surface area contributed by atoms with Gasteiger partial charge in [-0.15, -0.1) is 0 Å². The molecule has 0 fully saturated rings. The summed E-state index contributed by atoms with van der Waals surface area (Å²) in [6.45, 7) is 4.50. The van der Waals surface area contributed by atoms with Crippen molar-refractivity contribution in [3.63, 3.8) is 0 Å². The van der Waals surface area contributed by atoms with Gasteiger partial charge in [-0.1, -0.05) is 60.3 Å². The second-order valence-corrected chi connectivity index (χ2v) is 7.79. The molecular formula is C21H20F3N3OS. The lowest BCUT2D eigenvalue weighted by molar-refractivity contribution is -0.145. The number of hydrogen-bond acceptors (Lipinski definition) is 4. The van der Waals surface area contributed by atoms with E-state index in [1.54, 1.807) is 30.0 Å². The first-order valence-electron chi connectivity index (χ1n) is 9.13. The molecule has 8 heteroatoms. The maximum absolute atomic E-state index is 13.2. The molecule has 1 amide bonds. The lowest BCUT2D eigenvalue weighted by Gasteiger charge is -2.24. The number of benzene rings is 2. The molecule has 0 unspecified atom stereocenters. The van der Waals surface area contributed by atoms with Crippen LogP contribution in [0.3, 0.4) is 0 Å². The molecule has 1 heterocycles. The highest BCUT2D eigenvalue weighted by Gasteiger charge is 2.36. The van der Waals surface area contributed by atoms with Crippen LogP contribution in [0.1, 0.15) is 25.2 Å². The van der Waals surface area contributed by atoms with E-state index in [0.717, 1.165) is 17.3 Å². The zero-order valence-corrected chi connectivity index (χ0v) is 16.8. The third-order valence-electron chi connectivity index (χ3n) is 4.37. The quantitative estimate of drug-likeness (QED) is 0.408. The number of para-hydroxylation sites is 1. The summed E-state index contributed by atoms with van der Waals surface area (Å²) >= 11 is 1.02. The number of hydrogen-bond donors (Lipinski definition) is 0. The van der Waals surface area contributed by atoms with Gasteiger partial charge in [0, 0.05) is 18.5 Å². The van der Waals surface area contributed by atoms with Crippen molar-refractivity contribution in [2.75, 3.05) is 6.54 Å². The van der Waals surface area contributed by atoms with Crippen molar-refractivity contribution in [1.29, 1.82) is 0 Å². The molecule has 1 atom stereocenters. The number of fused-ring (bicyclic) bond motifs is 1. The maximum Gasteiger partial charge on any atom is 0.451 e. The number of thioether (sulfide) groups is 1. The van der Waals surface area contributed by atoms with Gasteiger partial charge in [-0.2, -0.15) is 13.2 Å². The molecule has 0 aliphatic heterocycles. The number of amides is 1. The van der Waals surface area contributed by atoms with Gasteiger partial charge < -0.3 is 4.90 Å². The van der Waals surface area contributed by atoms with Gasteiger partial charge in [0.2, 0.25) is 11.7 Å². The first-order valence-corrected chi connectivity index (χ1v) is 10.0. The van der Waals surface area contributed by atoms with Gasteiger partial charge in [-0.25, -0.2) is 9.97 Å². The number of carbonyl (C=O) groups is 1. The highest BCUT2D eigenvalue weighted by molar-refractivity contribution is 8.00. The topological polar surface area (TPSA) is 46.1 Å². The predicted octanol–water partition coefficient (Wildman–Crippen LogP) is 5.18. The Balaban J connectivity index is 1.86. The smallest absolute Gasteiger partial charge is 0.338 e. The molecule has 2 aromatic carbocycles. The van der Waals surface area contributed by atoms with Gasteiger partial charge in [0.15, 0.2) is 0 Å². The van der Waals surface area contributed by atoms with Gasteiger partial charge in [0.05, 0.1) is 10.8 Å². The van der Waals surface area contributed by atoms with E-state index in [0.29, 0.717) is 18.5 Å². The fourth-order valence-electron chi connectivity index (χ4n) is 2.89. The molecule has 0 spiro atoms. The summed E-state index contributed by atoms with van der Waals surface area (Å²) < 4.78 is 39.6. The molecule has 3 aromatic rings. The molecule has 29 heavy (non-hydrogen) atoms. The highest BCUT2D eigenvalue weighted by atomic mass is 32.2. The van der Waals surface area contributed by atoms with E-state index in [1.165, 1.54) is 6.07 Å². The molecule has 0 bridgehead atoms. The van der Waals surface area contributed by atoms with Crippen LogP contribution in [-0.2, 0) is 17.5 Å². The summed E-state index contributed by atoms with van der Waals surface area (Å²) in [5, 5.41) is 0.0499. The summed E-state index contributed by atoms with van der Waals surface area (Å²) in [6, 6.07) is 16.1. The van der Waals surface area contributed by atoms with Crippen molar-refractivity contribution in [2.45, 2.75) is 36.8 Å². The van der Waals surface area contributed by atoms with Crippen LogP contribution < -0.4 is 0 Å². The summed E-state index contributed by atoms with van der Waals surface area (Å²) in [5.74, 6) is -1.35. The van der Waals surface area contributed by atoms with Crippen LogP contribution in [0, 0.1) is 0 Å². The van der Waals surface area contributed by atoms with Gasteiger partial charge in [0.1, 0.15) is 5.03 Å². The van der Waals surface area contributed by atoms with Gasteiger partial charge in [-0.05, 0) is 25.5 Å². The second kappa shape index (κ2) is 8.82. The van der Waals surface area contributed by atoms with E-state index in [4.69, 9.17) is 0 Å². The van der Waals surface area contributed by atoms with Crippen LogP contribution in [0.2, 0.25) is 0 Å². The molecule has 4 nitrogen and oxygen atoms in total. The average Bonchev–Trinajstić information content (AvgIpc) is 2.71. The van der Waals surface area contributed by atoms with Crippen molar-refractivity contribution in [1.82, 2.24) is 14.9 Å². The first-order chi connectivity index (χ1) is 13.8. The Morgan fingerprint density at radius 2 is 1.72 bits per heavy atom. The lowest BCUT2D eigenvalue weighted by atomic mass is 10.2. The molecule has 0 aliphatic rings. The van der Waals surface area contributed by atoms with E-state index in [9.17, 15) is 18.0 Å². The molecule has 0 N–H and O–H groups in total. The predicted molar refractivity (Wildman–Crippen MR) is 107 cm³/mol. The SMILES string of the molecule is CCN(Cc1ccccc1)C(=O)[C@H](C)Sc1nc(C(F)(F)F)nc2ccccc12. The molecule has 3 rings (SSSR count). The number of alkyl halides is 3. The first kappa shape index (κ1) is 21.1. The van der Waals surface area contributed by atoms with Crippen LogP contribution in [0.4, 0.5) is 13.2 Å². The highest BCUT2D eigenvalue weighted by Crippen LogP contribution is 2.34. The van der Waals surface area contributed by atoms with E-state index < -0.39 is 17.3 Å². The third-order valence-corrected chi connectivity index (χ3v) is 5.46. The maximum atomic E-state index is 13.2. The van der Waals surface area contributed by atoms with Crippen LogP contribution in [0.5, 0.6) is 0 Å². The van der Waals surface area contributed by atoms with Crippen molar-refractivity contribution in [3.05, 3.63) is 66.0 Å². The molecule has 0 saturated carbocycles. The summed E-state index contributed by atoms with van der Waals surface area (Å²) in [4.78, 5) is 22.0. The molecule has 1 aromatic heterocycles. The lowest BCUT2D eigenvalue weighted by Crippen LogP contribution is -2.36. The Morgan fingerprint density at radius 3 is 2.38 bits per heavy atom. The number of carbonyl (C=O) groups excluding carboxylic acids is 1. The number of rotatable bonds is 6. The Hall–Kier alpha value is -2.61. The summed E-state index contributed by atoms with van der Waals surface area (Å²) in [7, 11) is 0. The zero-order valence-electron chi connectivity index (χ0n) is 16.0. The van der Waals surface area contributed by atoms with Crippen LogP contribution in [0.25, 0.3) is 10.9 Å². The Kier molecular flexibility index (Phi) is 6.42. The monoisotopic (exact) mass is 419 g/mol. The number of aromatic nitrogens is 2. The third kappa shape index (κ3) is 5.06. The van der Waals surface area contributed by atoms with Crippen LogP contribution in [-0.4, -0.2) is 32.6 Å². The van der Waals surface area contributed by atoms with Gasteiger partial charge >= 0.3 is 6.18 Å². The van der Waals surface area contributed by atoms with E-state index in [1.807, 2.05) is 37.3 Å². The van der Waals surface area contributed by atoms with Crippen molar-refractivity contribution >= 4 is 28.6 Å². The van der Waals surface area contributed by atoms with Crippen LogP contribution >= 0.6 is 11.8 Å². The fourth-order valence-corrected chi connectivity index (χ4v) is 3.91. The standard InChI is InChI=1S/C21H20F3N3OS/c1-3-27(13-15-9-5-4-6-10-15)19(28)14(2)29-18-16-11-7-8-12-17(16)25-20(26-18)21(22,23)24/h4-12,14H,3,13H2,1-2H3/t14-/m0/s1. The van der Waals surface area contributed by atoms with Gasteiger partial charge in [-0.3, -0.25) is 4.79 Å². The van der Waals surface area contributed by atoms with Crippen LogP contribution in [0.15, 0.2) is 59.6 Å². The molecule has 152 valence electrons. The minimum Gasteiger partial charge on any atom is -0.338 e. The van der Waals surface area contributed by atoms with E-state index in [-0.39, 0.29) is 16.4 Å². The van der Waals surface area contributed by atoms with E-state index in [2.05, 4.69) is 9.97 Å². The largest absolute Gasteiger partial charge is 0.451 e. The minimum absolute atomic E-state index is 0.152. The second-order valence-electron chi connectivity index (χ2n) is 6.47. The Labute approximate surface area is 171 Å². The van der Waals surface area contributed by atoms with E-state index >= 15 is 0 Å². The fraction of sp³-hybridized carbons (Fsp3) is 0.286. The Bertz CT molecular complexity index is 995. The van der Waals surface area contributed by atoms with Crippen molar-refractivity contribution in [2.24, 2.45) is 0 Å². The average molecular weight is 419 g/mol. The molecule has 0 radical (unpaired) electrons. The van der Waals surface area contributed by atoms with Crippen molar-refractivity contribution in [3.8, 4) is 0 Å². The summed E-state index contributed by atoms with van der Waals surface area (Å²) in [6.07, 6.45) is -4.66. The summed E-state index contributed by atoms with van der Waals surface area (Å²) in [5.41, 5.74) is 1.19. The number of halogens is 3. The molecule has 0 saturated heterocycles.